The number of piperidine rings is 1. The maximum absolute atomic E-state index is 13.3. The molecule has 27 heteroatoms. The lowest BCUT2D eigenvalue weighted by molar-refractivity contribution is -0.157. The van der Waals surface area contributed by atoms with Gasteiger partial charge in [-0.25, -0.2) is 19.6 Å². The van der Waals surface area contributed by atoms with Gasteiger partial charge >= 0.3 is 0 Å². The molecule has 2 saturated heterocycles. The average molecular weight is 1620 g/mol. The lowest BCUT2D eigenvalue weighted by atomic mass is 9.83. The van der Waals surface area contributed by atoms with E-state index in [9.17, 15) is 29.1 Å². The number of methoxy groups -OCH3 is 1. The zero-order valence-corrected chi connectivity index (χ0v) is 70.1. The number of fused-ring (bicyclic) bond motifs is 2. The van der Waals surface area contributed by atoms with Gasteiger partial charge in [-0.2, -0.15) is 5.10 Å². The van der Waals surface area contributed by atoms with Crippen molar-refractivity contribution in [3.8, 4) is 11.3 Å². The first-order valence-corrected chi connectivity index (χ1v) is 42.5. The number of likely N-dealkylation sites (tertiary alicyclic amines) is 1. The molecule has 0 spiro atoms. The predicted octanol–water partition coefficient (Wildman–Crippen LogP) is 12.0. The van der Waals surface area contributed by atoms with Crippen LogP contribution in [0.1, 0.15) is 167 Å². The van der Waals surface area contributed by atoms with E-state index in [1.165, 1.54) is 5.56 Å². The molecule has 2 amide bonds. The van der Waals surface area contributed by atoms with Gasteiger partial charge in [0.1, 0.15) is 41.5 Å². The zero-order chi connectivity index (χ0) is 82.3. The summed E-state index contributed by atoms with van der Waals surface area (Å²) in [7, 11) is 3.52. The number of aliphatic hydroxyl groups excluding tert-OH is 1. The van der Waals surface area contributed by atoms with E-state index in [1.807, 2.05) is 81.3 Å². The number of aryl methyl sites for hydroxylation is 1. The third-order valence-corrected chi connectivity index (χ3v) is 22.0. The number of ether oxygens (including phenoxy) is 12. The van der Waals surface area contributed by atoms with Gasteiger partial charge in [-0.15, -0.1) is 0 Å². The summed E-state index contributed by atoms with van der Waals surface area (Å²) in [4.78, 5) is 80.5. The van der Waals surface area contributed by atoms with Gasteiger partial charge in [0.05, 0.1) is 142 Å². The quantitative estimate of drug-likeness (QED) is 0.00924. The fraction of sp³-hybridized carbons (Fsp3) is 0.652. The summed E-state index contributed by atoms with van der Waals surface area (Å²) in [5, 5.41) is 24.0. The highest BCUT2D eigenvalue weighted by atomic mass is 16.6. The average Bonchev–Trinajstić information content (AvgIpc) is 1.61. The van der Waals surface area contributed by atoms with Gasteiger partial charge in [-0.05, 0) is 187 Å². The number of amides is 2. The van der Waals surface area contributed by atoms with Crippen LogP contribution in [0, 0.1) is 23.7 Å². The maximum Gasteiger partial charge on any atom is 0.293 e. The van der Waals surface area contributed by atoms with Crippen LogP contribution in [0.2, 0.25) is 0 Å². The summed E-state index contributed by atoms with van der Waals surface area (Å²) >= 11 is 0. The summed E-state index contributed by atoms with van der Waals surface area (Å²) < 4.78 is 71.2. The van der Waals surface area contributed by atoms with E-state index in [0.717, 1.165) is 153 Å². The summed E-state index contributed by atoms with van der Waals surface area (Å²) in [5.74, 6) is 0.523. The molecule has 5 aromatic rings. The molecule has 3 fully saturated rings. The molecule has 3 aliphatic rings. The van der Waals surface area contributed by atoms with Crippen LogP contribution in [0.5, 0.6) is 0 Å². The Morgan fingerprint density at radius 2 is 1.38 bits per heavy atom. The Bertz CT molecular complexity index is 3790. The number of carbonyl (C=O) groups excluding carboxylic acids is 5. The number of allylic oxidation sites excluding steroid dienone is 6. The van der Waals surface area contributed by atoms with Crippen molar-refractivity contribution < 1.29 is 85.9 Å². The van der Waals surface area contributed by atoms with E-state index >= 15 is 0 Å². The number of benzene rings is 1. The number of carbonyl (C=O) groups is 5. The van der Waals surface area contributed by atoms with Crippen molar-refractivity contribution in [2.24, 2.45) is 23.7 Å². The Morgan fingerprint density at radius 3 is 2.03 bits per heavy atom. The molecule has 1 aromatic carbocycles. The standard InChI is InChI=1S/C89H133N9O18/c1-65(16-10-8-11-17-67(3)82(105-7)58-78-19-14-20-81(116-78)85(103)89(104)97-35-12-9-13-36-97)54-68(4)79(101)59-80(102)69(5)55-66(2)21-27-77(115-64-100)30-25-70-23-28-76(29-24-70)114-53-52-113-51-50-112-49-48-111-47-46-110-45-44-109-43-42-108-41-40-107-39-38-106-37-15-18-72-26-22-71(56-73(72)31-33-91-63-99)61-98-88-83(87(90-6)94-62-95-88)84(96-98)75-57-74-32-34-92-86(74)93-60-75/h8,10-11,16-17,22,26,32,34,55-57,60,62-66,68,70,76-78,80-82,102H,9,12-15,18-21,23-25,27-31,33,35-54,58-59,61H2,1-7H3,(H,91,99)(H,92,93)(H,90,94,95)/b11-8+,16-10+,67-17+,69-55+. The molecule has 8 atom stereocenters. The number of ketones is 2. The van der Waals surface area contributed by atoms with Crippen LogP contribution in [-0.4, -0.2) is 253 Å². The Morgan fingerprint density at radius 1 is 0.707 bits per heavy atom. The van der Waals surface area contributed by atoms with Crippen molar-refractivity contribution >= 4 is 58.2 Å². The highest BCUT2D eigenvalue weighted by Gasteiger charge is 2.36. The maximum atomic E-state index is 13.3. The number of hydrogen-bond acceptors (Lipinski definition) is 23. The van der Waals surface area contributed by atoms with Crippen LogP contribution in [0.3, 0.4) is 0 Å². The molecule has 0 radical (unpaired) electrons. The largest absolute Gasteiger partial charge is 0.465 e. The summed E-state index contributed by atoms with van der Waals surface area (Å²) in [6, 6.07) is 10.5. The molecule has 642 valence electrons. The minimum absolute atomic E-state index is 0.0330. The summed E-state index contributed by atoms with van der Waals surface area (Å²) in [6.07, 6.45) is 32.5. The number of nitrogens with zero attached hydrogens (tertiary/aromatic N) is 6. The van der Waals surface area contributed by atoms with E-state index in [4.69, 9.17) is 61.9 Å². The lowest BCUT2D eigenvalue weighted by Gasteiger charge is -2.33. The summed E-state index contributed by atoms with van der Waals surface area (Å²) in [6.45, 7) is 21.1. The first-order chi connectivity index (χ1) is 56.6. The topological polar surface area (TPSA) is 316 Å². The van der Waals surface area contributed by atoms with Crippen molar-refractivity contribution in [2.45, 2.75) is 206 Å². The second-order valence-corrected chi connectivity index (χ2v) is 31.0. The van der Waals surface area contributed by atoms with Crippen LogP contribution in [0.25, 0.3) is 33.3 Å². The van der Waals surface area contributed by atoms with Gasteiger partial charge in [0.15, 0.2) is 5.65 Å². The fourth-order valence-corrected chi connectivity index (χ4v) is 15.3. The monoisotopic (exact) mass is 1620 g/mol. The van der Waals surface area contributed by atoms with Crippen molar-refractivity contribution in [2.75, 3.05) is 151 Å². The predicted molar refractivity (Wildman–Crippen MR) is 446 cm³/mol. The SMILES string of the molecule is CNc1ncnc2c1c(-c1cnc3[nH]ccc3c1)nn2Cc1ccc(CCCOCCOCCOCCOCCOCCOCCOCCOCCOC2CCC(CCC(CCC(C)/C=C(\C)C(O)CC(=O)C(C)CC(C)/C=C/C=C/C=C(\C)C(CC3CCCC(C(=O)C(=O)N4CCCCC4)O3)OC)OC=O)CC2)c(CCNC=O)c1. The molecule has 1 saturated carbocycles. The third-order valence-electron chi connectivity index (χ3n) is 22.0. The Balaban J connectivity index is 0.553. The fourth-order valence-electron chi connectivity index (χ4n) is 15.3. The molecule has 2 aliphatic heterocycles. The molecule has 1 aliphatic carbocycles. The van der Waals surface area contributed by atoms with E-state index in [2.05, 4.69) is 74.8 Å². The first kappa shape index (κ1) is 94.0. The Kier molecular flexibility index (Phi) is 44.2. The van der Waals surface area contributed by atoms with Crippen molar-refractivity contribution in [3.05, 3.63) is 113 Å². The van der Waals surface area contributed by atoms with Gasteiger partial charge in [0.25, 0.3) is 12.4 Å². The van der Waals surface area contributed by atoms with Crippen LogP contribution in [0.4, 0.5) is 5.82 Å². The van der Waals surface area contributed by atoms with Gasteiger partial charge < -0.3 is 82.5 Å². The van der Waals surface area contributed by atoms with Gasteiger partial charge in [0, 0.05) is 82.5 Å². The van der Waals surface area contributed by atoms with Crippen LogP contribution < -0.4 is 10.6 Å². The molecule has 116 heavy (non-hydrogen) atoms. The zero-order valence-electron chi connectivity index (χ0n) is 70.1. The Hall–Kier alpha value is -7.51. The molecule has 0 bridgehead atoms. The van der Waals surface area contributed by atoms with Crippen molar-refractivity contribution in [3.63, 3.8) is 0 Å². The number of rotatable bonds is 61. The molecule has 8 unspecified atom stereocenters. The second-order valence-electron chi connectivity index (χ2n) is 31.0. The normalized spacial score (nSPS) is 18.7. The number of hydrogen-bond donors (Lipinski definition) is 4. The number of nitrogens with one attached hydrogen (secondary N) is 3. The number of Topliss-reactive ketones (excluding diaryl/α,β-unsaturated/α-hetero) is 2. The van der Waals surface area contributed by atoms with Crippen LogP contribution >= 0.6 is 0 Å². The van der Waals surface area contributed by atoms with Crippen LogP contribution in [0.15, 0.2) is 96.7 Å². The lowest BCUT2D eigenvalue weighted by Crippen LogP contribution is -2.46. The van der Waals surface area contributed by atoms with Gasteiger partial charge in [-0.1, -0.05) is 75.4 Å². The number of aromatic nitrogens is 6. The molecule has 4 N–H and O–H groups in total. The number of anilines is 1. The van der Waals surface area contributed by atoms with Gasteiger partial charge in [0.2, 0.25) is 12.2 Å². The highest BCUT2D eigenvalue weighted by Crippen LogP contribution is 2.35. The molecule has 4 aromatic heterocycles. The van der Waals surface area contributed by atoms with Crippen molar-refractivity contribution in [1.29, 1.82) is 0 Å². The van der Waals surface area contributed by atoms with E-state index in [0.29, 0.717) is 188 Å². The molecular weight excluding hydrogens is 1480 g/mol. The molecule has 8 rings (SSSR count). The van der Waals surface area contributed by atoms with E-state index in [1.54, 1.807) is 18.3 Å². The van der Waals surface area contributed by atoms with E-state index in [-0.39, 0.29) is 54.4 Å². The molecule has 27 nitrogen and oxygen atoms in total. The minimum Gasteiger partial charge on any atom is -0.465 e. The number of aromatic amines is 1. The second kappa shape index (κ2) is 54.5. The molecular formula is C89H133N9O18. The third kappa shape index (κ3) is 33.7. The number of H-pyrrole nitrogens is 1. The number of aliphatic hydroxyl groups is 1. The highest BCUT2D eigenvalue weighted by molar-refractivity contribution is 6.37. The first-order valence-electron chi connectivity index (χ1n) is 42.5. The van der Waals surface area contributed by atoms with Gasteiger partial charge in [-0.3, -0.25) is 24.0 Å². The molecule has 6 heterocycles. The minimum atomic E-state index is -0.858. The number of pyridine rings is 1. The van der Waals surface area contributed by atoms with E-state index < -0.39 is 23.9 Å². The van der Waals surface area contributed by atoms with Crippen LogP contribution in [-0.2, 0) is 100 Å². The Labute approximate surface area is 686 Å². The smallest absolute Gasteiger partial charge is 0.293 e. The van der Waals surface area contributed by atoms with Crippen molar-refractivity contribution in [1.82, 2.24) is 39.9 Å². The summed E-state index contributed by atoms with van der Waals surface area (Å²) in [5.41, 5.74) is 8.39.